The van der Waals surface area contributed by atoms with Gasteiger partial charge in [-0.3, -0.25) is 4.98 Å². The Morgan fingerprint density at radius 2 is 1.86 bits per heavy atom. The molecule has 1 aromatic carbocycles. The van der Waals surface area contributed by atoms with E-state index in [2.05, 4.69) is 36.6 Å². The molecular formula is C21H23N7. The highest BCUT2D eigenvalue weighted by molar-refractivity contribution is 5.68. The predicted molar refractivity (Wildman–Crippen MR) is 111 cm³/mol. The van der Waals surface area contributed by atoms with Crippen molar-refractivity contribution in [2.24, 2.45) is 0 Å². The number of benzene rings is 1. The van der Waals surface area contributed by atoms with Crippen LogP contribution in [0.3, 0.4) is 0 Å². The monoisotopic (exact) mass is 373 g/mol. The van der Waals surface area contributed by atoms with Crippen molar-refractivity contribution in [3.63, 3.8) is 0 Å². The quantitative estimate of drug-likeness (QED) is 0.584. The summed E-state index contributed by atoms with van der Waals surface area (Å²) in [5.41, 5.74) is 2.73. The molecule has 0 saturated carbocycles. The molecule has 142 valence electrons. The van der Waals surface area contributed by atoms with Crippen LogP contribution >= 0.6 is 0 Å². The zero-order chi connectivity index (χ0) is 19.8. The summed E-state index contributed by atoms with van der Waals surface area (Å²) in [7, 11) is 4.10. The van der Waals surface area contributed by atoms with Gasteiger partial charge in [0.2, 0.25) is 5.95 Å². The van der Waals surface area contributed by atoms with Gasteiger partial charge in [-0.25, -0.2) is 4.98 Å². The van der Waals surface area contributed by atoms with Crippen LogP contribution < -0.4 is 10.6 Å². The molecule has 2 heterocycles. The smallest absolute Gasteiger partial charge is 0.225 e. The highest BCUT2D eigenvalue weighted by Crippen LogP contribution is 2.24. The summed E-state index contributed by atoms with van der Waals surface area (Å²) < 4.78 is 0. The number of nitrogens with one attached hydrogen (secondary N) is 2. The van der Waals surface area contributed by atoms with Gasteiger partial charge in [-0.15, -0.1) is 0 Å². The molecule has 2 aromatic heterocycles. The Balaban J connectivity index is 1.88. The van der Waals surface area contributed by atoms with E-state index in [1.54, 1.807) is 12.3 Å². The lowest BCUT2D eigenvalue weighted by molar-refractivity contribution is 0.405. The highest BCUT2D eigenvalue weighted by atomic mass is 15.1. The first-order chi connectivity index (χ1) is 13.7. The molecule has 3 aromatic rings. The largest absolute Gasteiger partial charge is 0.354 e. The van der Waals surface area contributed by atoms with E-state index in [0.717, 1.165) is 25.2 Å². The molecule has 0 saturated heterocycles. The summed E-state index contributed by atoms with van der Waals surface area (Å²) in [6.07, 6.45) is 2.71. The number of rotatable bonds is 8. The molecule has 0 fully saturated rings. The van der Waals surface area contributed by atoms with Crippen LogP contribution in [0.25, 0.3) is 11.4 Å². The molecular weight excluding hydrogens is 350 g/mol. The number of pyridine rings is 1. The van der Waals surface area contributed by atoms with Gasteiger partial charge in [0.25, 0.3) is 0 Å². The molecule has 0 aliphatic carbocycles. The van der Waals surface area contributed by atoms with Gasteiger partial charge in [-0.05, 0) is 51.3 Å². The minimum absolute atomic E-state index is 0.527. The molecule has 2 N–H and O–H groups in total. The Kier molecular flexibility index (Phi) is 6.50. The minimum Gasteiger partial charge on any atom is -0.354 e. The summed E-state index contributed by atoms with van der Waals surface area (Å²) >= 11 is 0. The minimum atomic E-state index is 0.527. The molecule has 0 amide bonds. The fourth-order valence-electron chi connectivity index (χ4n) is 2.66. The van der Waals surface area contributed by atoms with Crippen molar-refractivity contribution in [1.82, 2.24) is 19.9 Å². The molecule has 0 atom stereocenters. The fourth-order valence-corrected chi connectivity index (χ4v) is 2.66. The van der Waals surface area contributed by atoms with Gasteiger partial charge in [-0.2, -0.15) is 10.2 Å². The molecule has 0 unspecified atom stereocenters. The summed E-state index contributed by atoms with van der Waals surface area (Å²) in [5.74, 6) is 1.13. The lowest BCUT2D eigenvalue weighted by Gasteiger charge is -2.13. The second-order valence-corrected chi connectivity index (χ2v) is 6.54. The number of hydrogen-bond acceptors (Lipinski definition) is 7. The third-order valence-electron chi connectivity index (χ3n) is 4.03. The average Bonchev–Trinajstić information content (AvgIpc) is 2.72. The van der Waals surface area contributed by atoms with Gasteiger partial charge < -0.3 is 15.5 Å². The van der Waals surface area contributed by atoms with Crippen LogP contribution in [0.4, 0.5) is 17.5 Å². The zero-order valence-corrected chi connectivity index (χ0v) is 16.1. The maximum Gasteiger partial charge on any atom is 0.225 e. The predicted octanol–water partition coefficient (Wildman–Crippen LogP) is 3.52. The maximum atomic E-state index is 9.32. The molecule has 0 aliphatic rings. The molecule has 0 bridgehead atoms. The number of nitrogens with zero attached hydrogens (tertiary/aromatic N) is 5. The van der Waals surface area contributed by atoms with Crippen LogP contribution in [0.1, 0.15) is 12.0 Å². The van der Waals surface area contributed by atoms with Crippen molar-refractivity contribution in [3.8, 4) is 17.5 Å². The summed E-state index contributed by atoms with van der Waals surface area (Å²) in [4.78, 5) is 15.7. The first-order valence-corrected chi connectivity index (χ1v) is 9.11. The standard InChI is InChI=1S/C21H23N7/c1-28(2)13-7-12-24-21-26-19(18-10-5-6-11-23-18)14-20(27-21)25-17-9-4-3-8-16(17)15-22/h3-6,8-11,14H,7,12-13H2,1-2H3,(H2,24,25,26,27). The lowest BCUT2D eigenvalue weighted by atomic mass is 10.2. The molecule has 0 radical (unpaired) electrons. The van der Waals surface area contributed by atoms with E-state index in [9.17, 15) is 5.26 Å². The van der Waals surface area contributed by atoms with Crippen molar-refractivity contribution in [2.75, 3.05) is 37.8 Å². The first-order valence-electron chi connectivity index (χ1n) is 9.11. The van der Waals surface area contributed by atoms with Gasteiger partial charge >= 0.3 is 0 Å². The zero-order valence-electron chi connectivity index (χ0n) is 16.1. The summed E-state index contributed by atoms with van der Waals surface area (Å²) in [6, 6.07) is 17.1. The Morgan fingerprint density at radius 3 is 2.61 bits per heavy atom. The SMILES string of the molecule is CN(C)CCCNc1nc(Nc2ccccc2C#N)cc(-c2ccccn2)n1. The normalized spacial score (nSPS) is 10.5. The lowest BCUT2D eigenvalue weighted by Crippen LogP contribution is -2.17. The van der Waals surface area contributed by atoms with Crippen molar-refractivity contribution in [3.05, 3.63) is 60.3 Å². The molecule has 7 nitrogen and oxygen atoms in total. The molecule has 3 rings (SSSR count). The Bertz CT molecular complexity index is 948. The Hall–Kier alpha value is -3.50. The van der Waals surface area contributed by atoms with E-state index in [1.165, 1.54) is 0 Å². The highest BCUT2D eigenvalue weighted by Gasteiger charge is 2.09. The van der Waals surface area contributed by atoms with Crippen LogP contribution in [0.2, 0.25) is 0 Å². The van der Waals surface area contributed by atoms with E-state index < -0.39 is 0 Å². The topological polar surface area (TPSA) is 89.8 Å². The molecule has 28 heavy (non-hydrogen) atoms. The van der Waals surface area contributed by atoms with Gasteiger partial charge in [-0.1, -0.05) is 18.2 Å². The Labute approximate surface area is 165 Å². The van der Waals surface area contributed by atoms with Crippen molar-refractivity contribution in [2.45, 2.75) is 6.42 Å². The number of nitriles is 1. The van der Waals surface area contributed by atoms with Crippen LogP contribution in [-0.4, -0.2) is 47.0 Å². The molecule has 0 aliphatic heterocycles. The van der Waals surface area contributed by atoms with Gasteiger partial charge in [0, 0.05) is 18.8 Å². The van der Waals surface area contributed by atoms with Crippen molar-refractivity contribution in [1.29, 1.82) is 5.26 Å². The van der Waals surface area contributed by atoms with E-state index in [4.69, 9.17) is 0 Å². The van der Waals surface area contributed by atoms with Gasteiger partial charge in [0.05, 0.1) is 22.6 Å². The van der Waals surface area contributed by atoms with Crippen LogP contribution in [0.15, 0.2) is 54.7 Å². The van der Waals surface area contributed by atoms with E-state index in [0.29, 0.717) is 28.7 Å². The summed E-state index contributed by atoms with van der Waals surface area (Å²) in [5, 5.41) is 15.8. The second kappa shape index (κ2) is 9.44. The third kappa shape index (κ3) is 5.25. The van der Waals surface area contributed by atoms with E-state index in [-0.39, 0.29) is 0 Å². The Morgan fingerprint density at radius 1 is 1.04 bits per heavy atom. The number of hydrogen-bond donors (Lipinski definition) is 2. The molecule has 7 heteroatoms. The van der Waals surface area contributed by atoms with Crippen LogP contribution in [0.5, 0.6) is 0 Å². The summed E-state index contributed by atoms with van der Waals surface area (Å²) in [6.45, 7) is 1.74. The first kappa shape index (κ1) is 19.3. The maximum absolute atomic E-state index is 9.32. The average molecular weight is 373 g/mol. The fraction of sp³-hybridized carbons (Fsp3) is 0.238. The number of para-hydroxylation sites is 1. The third-order valence-corrected chi connectivity index (χ3v) is 4.03. The van der Waals surface area contributed by atoms with E-state index >= 15 is 0 Å². The van der Waals surface area contributed by atoms with Gasteiger partial charge in [0.1, 0.15) is 11.9 Å². The van der Waals surface area contributed by atoms with Gasteiger partial charge in [0.15, 0.2) is 0 Å². The van der Waals surface area contributed by atoms with Crippen LogP contribution in [0, 0.1) is 11.3 Å². The van der Waals surface area contributed by atoms with E-state index in [1.807, 2.05) is 56.6 Å². The van der Waals surface area contributed by atoms with Crippen LogP contribution in [-0.2, 0) is 0 Å². The molecule has 0 spiro atoms. The van der Waals surface area contributed by atoms with Crippen molar-refractivity contribution >= 4 is 17.5 Å². The number of aromatic nitrogens is 3. The van der Waals surface area contributed by atoms with Crippen molar-refractivity contribution < 1.29 is 0 Å². The number of anilines is 3. The second-order valence-electron chi connectivity index (χ2n) is 6.54.